The predicted octanol–water partition coefficient (Wildman–Crippen LogP) is 3.05. The second-order valence-corrected chi connectivity index (χ2v) is 5.09. The van der Waals surface area contributed by atoms with E-state index in [0.717, 1.165) is 24.8 Å². The van der Waals surface area contributed by atoms with Gasteiger partial charge in [0, 0.05) is 18.9 Å². The van der Waals surface area contributed by atoms with Crippen molar-refractivity contribution in [1.82, 2.24) is 10.2 Å². The summed E-state index contributed by atoms with van der Waals surface area (Å²) in [5.74, 6) is 0.391. The van der Waals surface area contributed by atoms with E-state index >= 15 is 0 Å². The Balaban J connectivity index is 1.78. The van der Waals surface area contributed by atoms with E-state index in [0.29, 0.717) is 18.5 Å². The fourth-order valence-electron chi connectivity index (χ4n) is 2.65. The molecule has 4 nitrogen and oxygen atoms in total. The minimum atomic E-state index is -0.145. The molecule has 5 heteroatoms. The normalized spacial score (nSPS) is 16.9. The van der Waals surface area contributed by atoms with Crippen molar-refractivity contribution in [2.24, 2.45) is 0 Å². The minimum Gasteiger partial charge on any atom is -0.408 e. The van der Waals surface area contributed by atoms with Crippen molar-refractivity contribution in [1.29, 1.82) is 0 Å². The van der Waals surface area contributed by atoms with Gasteiger partial charge in [0.2, 0.25) is 5.89 Å². The van der Waals surface area contributed by atoms with Crippen molar-refractivity contribution in [2.45, 2.75) is 31.6 Å². The summed E-state index contributed by atoms with van der Waals surface area (Å²) in [4.78, 5) is 0. The number of anilines is 1. The van der Waals surface area contributed by atoms with Gasteiger partial charge in [-0.15, -0.1) is 5.10 Å². The lowest BCUT2D eigenvalue weighted by molar-refractivity contribution is 0.250. The Labute approximate surface area is 111 Å². The topological polar surface area (TPSA) is 51.0 Å². The van der Waals surface area contributed by atoms with Crippen molar-refractivity contribution < 1.29 is 8.81 Å². The Kier molecular flexibility index (Phi) is 2.97. The van der Waals surface area contributed by atoms with Crippen LogP contribution in [-0.2, 0) is 5.41 Å². The van der Waals surface area contributed by atoms with Crippen LogP contribution in [-0.4, -0.2) is 16.7 Å². The number of nitrogens with zero attached hydrogens (tertiary/aromatic N) is 2. The lowest BCUT2D eigenvalue weighted by Crippen LogP contribution is -2.41. The molecule has 0 aliphatic heterocycles. The molecule has 1 saturated carbocycles. The Morgan fingerprint density at radius 1 is 1.32 bits per heavy atom. The van der Waals surface area contributed by atoms with Gasteiger partial charge in [-0.05, 0) is 24.5 Å². The van der Waals surface area contributed by atoms with Crippen LogP contribution in [0.2, 0.25) is 0 Å². The maximum Gasteiger partial charge on any atom is 0.315 e. The van der Waals surface area contributed by atoms with Crippen molar-refractivity contribution in [3.8, 4) is 0 Å². The summed E-state index contributed by atoms with van der Waals surface area (Å²) in [5.41, 5.74) is 0.637. The van der Waals surface area contributed by atoms with Crippen LogP contribution in [0, 0.1) is 12.7 Å². The number of aromatic nitrogens is 2. The molecule has 1 heterocycles. The van der Waals surface area contributed by atoms with Crippen LogP contribution < -0.4 is 5.32 Å². The molecule has 1 aromatic carbocycles. The number of aryl methyl sites for hydroxylation is 1. The smallest absolute Gasteiger partial charge is 0.315 e. The number of nitrogens with one attached hydrogen (secondary N) is 1. The fourth-order valence-corrected chi connectivity index (χ4v) is 2.65. The Morgan fingerprint density at radius 2 is 2.11 bits per heavy atom. The Bertz CT molecular complexity index is 578. The van der Waals surface area contributed by atoms with Gasteiger partial charge in [0.15, 0.2) is 0 Å². The van der Waals surface area contributed by atoms with Crippen LogP contribution in [0.5, 0.6) is 0 Å². The zero-order chi connectivity index (χ0) is 13.3. The molecular weight excluding hydrogens is 245 g/mol. The van der Waals surface area contributed by atoms with Crippen LogP contribution in [0.3, 0.4) is 0 Å². The van der Waals surface area contributed by atoms with Crippen molar-refractivity contribution in [3.05, 3.63) is 41.5 Å². The van der Waals surface area contributed by atoms with E-state index in [4.69, 9.17) is 4.42 Å². The third-order valence-electron chi connectivity index (χ3n) is 3.86. The summed E-state index contributed by atoms with van der Waals surface area (Å²) in [6.45, 7) is 2.36. The molecule has 2 aromatic rings. The summed E-state index contributed by atoms with van der Waals surface area (Å²) in [5, 5.41) is 10.8. The van der Waals surface area contributed by atoms with Crippen molar-refractivity contribution in [2.75, 3.05) is 11.9 Å². The van der Waals surface area contributed by atoms with E-state index in [9.17, 15) is 4.39 Å². The van der Waals surface area contributed by atoms with Gasteiger partial charge < -0.3 is 9.73 Å². The highest BCUT2D eigenvalue weighted by atomic mass is 19.1. The second-order valence-electron chi connectivity index (χ2n) is 5.09. The molecule has 0 unspecified atom stereocenters. The monoisotopic (exact) mass is 261 g/mol. The number of halogens is 1. The lowest BCUT2D eigenvalue weighted by atomic mass is 9.64. The summed E-state index contributed by atoms with van der Waals surface area (Å²) >= 11 is 0. The van der Waals surface area contributed by atoms with Crippen LogP contribution in [0.1, 0.15) is 30.7 Å². The first-order valence-electron chi connectivity index (χ1n) is 6.49. The molecule has 100 valence electrons. The number of benzene rings is 1. The zero-order valence-corrected chi connectivity index (χ0v) is 10.8. The van der Waals surface area contributed by atoms with Gasteiger partial charge in [-0.25, -0.2) is 4.39 Å². The third kappa shape index (κ3) is 2.20. The van der Waals surface area contributed by atoms with Crippen LogP contribution in [0.15, 0.2) is 28.7 Å². The quantitative estimate of drug-likeness (QED) is 0.919. The molecule has 0 bridgehead atoms. The maximum atomic E-state index is 14.0. The van der Waals surface area contributed by atoms with Gasteiger partial charge in [-0.3, -0.25) is 0 Å². The molecule has 1 aliphatic carbocycles. The first-order valence-corrected chi connectivity index (χ1v) is 6.49. The number of hydrogen-bond donors (Lipinski definition) is 1. The first kappa shape index (κ1) is 12.1. The Hall–Kier alpha value is -1.91. The molecule has 0 saturated heterocycles. The molecule has 1 aromatic heterocycles. The molecule has 0 spiro atoms. The highest BCUT2D eigenvalue weighted by Crippen LogP contribution is 2.44. The molecule has 19 heavy (non-hydrogen) atoms. The van der Waals surface area contributed by atoms with Gasteiger partial charge in [0.05, 0.1) is 0 Å². The molecule has 0 amide bonds. The summed E-state index contributed by atoms with van der Waals surface area (Å²) in [7, 11) is 0. The lowest BCUT2D eigenvalue weighted by Gasteiger charge is -2.42. The van der Waals surface area contributed by atoms with E-state index in [-0.39, 0.29) is 11.2 Å². The van der Waals surface area contributed by atoms with Crippen LogP contribution in [0.4, 0.5) is 10.4 Å². The highest BCUT2D eigenvalue weighted by Gasteiger charge is 2.40. The third-order valence-corrected chi connectivity index (χ3v) is 3.86. The van der Waals surface area contributed by atoms with E-state index in [2.05, 4.69) is 15.5 Å². The molecule has 3 rings (SSSR count). The standard InChI is InChI=1S/C14H16FN3O/c1-10-17-18-13(19-10)16-9-14(7-4-8-14)11-5-2-3-6-12(11)15/h2-3,5-6H,4,7-9H2,1H3,(H,16,18). The van der Waals surface area contributed by atoms with Gasteiger partial charge in [0.25, 0.3) is 0 Å². The number of hydrogen-bond acceptors (Lipinski definition) is 4. The maximum absolute atomic E-state index is 14.0. The Morgan fingerprint density at radius 3 is 2.68 bits per heavy atom. The first-order chi connectivity index (χ1) is 9.20. The van der Waals surface area contributed by atoms with Crippen molar-refractivity contribution in [3.63, 3.8) is 0 Å². The van der Waals surface area contributed by atoms with Gasteiger partial charge in [0.1, 0.15) is 5.82 Å². The molecule has 0 atom stereocenters. The largest absolute Gasteiger partial charge is 0.408 e. The van der Waals surface area contributed by atoms with Gasteiger partial charge >= 0.3 is 6.01 Å². The average Bonchev–Trinajstić information content (AvgIpc) is 2.76. The van der Waals surface area contributed by atoms with E-state index in [1.54, 1.807) is 13.0 Å². The summed E-state index contributed by atoms with van der Waals surface area (Å²) in [6, 6.07) is 7.40. The molecular formula is C14H16FN3O. The second kappa shape index (κ2) is 4.64. The van der Waals surface area contributed by atoms with Crippen LogP contribution >= 0.6 is 0 Å². The molecule has 1 aliphatic rings. The SMILES string of the molecule is Cc1nnc(NCC2(c3ccccc3F)CCC2)o1. The minimum absolute atomic E-state index is 0.134. The van der Waals surface area contributed by atoms with E-state index in [1.807, 2.05) is 12.1 Å². The summed E-state index contributed by atoms with van der Waals surface area (Å²) in [6.07, 6.45) is 3.08. The zero-order valence-electron chi connectivity index (χ0n) is 10.8. The van der Waals surface area contributed by atoms with Gasteiger partial charge in [-0.1, -0.05) is 29.7 Å². The van der Waals surface area contributed by atoms with Crippen molar-refractivity contribution >= 4 is 6.01 Å². The number of rotatable bonds is 4. The average molecular weight is 261 g/mol. The molecule has 1 N–H and O–H groups in total. The van der Waals surface area contributed by atoms with E-state index in [1.165, 1.54) is 6.07 Å². The van der Waals surface area contributed by atoms with E-state index < -0.39 is 0 Å². The molecule has 1 fully saturated rings. The van der Waals surface area contributed by atoms with Gasteiger partial charge in [-0.2, -0.15) is 0 Å². The fraction of sp³-hybridized carbons (Fsp3) is 0.429. The summed E-state index contributed by atoms with van der Waals surface area (Å²) < 4.78 is 19.2. The molecule has 0 radical (unpaired) electrons. The highest BCUT2D eigenvalue weighted by molar-refractivity contribution is 5.33. The van der Waals surface area contributed by atoms with Crippen LogP contribution in [0.25, 0.3) is 0 Å². The predicted molar refractivity (Wildman–Crippen MR) is 69.5 cm³/mol.